The molecule has 2 aliphatic rings. The molecule has 123 heavy (non-hydrogen) atoms. The summed E-state index contributed by atoms with van der Waals surface area (Å²) in [7, 11) is 0. The molecule has 4 nitrogen and oxygen atoms in total. The summed E-state index contributed by atoms with van der Waals surface area (Å²) in [5.74, 6) is 0. The third kappa shape index (κ3) is 14.1. The highest BCUT2D eigenvalue weighted by atomic mass is 15.2. The second-order valence-corrected chi connectivity index (χ2v) is 40.1. The van der Waals surface area contributed by atoms with Crippen molar-refractivity contribution in [1.82, 2.24) is 9.13 Å². The first-order valence-corrected chi connectivity index (χ1v) is 42.4. The van der Waals surface area contributed by atoms with Gasteiger partial charge in [-0.15, -0.1) is 0 Å². The summed E-state index contributed by atoms with van der Waals surface area (Å²) >= 11 is 0. The predicted octanol–water partition coefficient (Wildman–Crippen LogP) is 31.0. The van der Waals surface area contributed by atoms with E-state index in [0.29, 0.717) is 61.4 Å². The zero-order valence-electron chi connectivity index (χ0n) is 99.9. The maximum Gasteiger partial charge on any atom is 0.252 e. The minimum absolute atomic E-state index is 0.109. The van der Waals surface area contributed by atoms with E-state index < -0.39 is 256 Å². The number of hydrogen-bond acceptors (Lipinski definition) is 2. The van der Waals surface area contributed by atoms with E-state index in [0.717, 1.165) is 20.3 Å². The summed E-state index contributed by atoms with van der Waals surface area (Å²) in [6, 6.07) is 33.6. The van der Waals surface area contributed by atoms with Crippen LogP contribution in [0.2, 0.25) is 0 Å². The highest BCUT2D eigenvalue weighted by Crippen LogP contribution is 2.57. The number of fused-ring (bicyclic) bond motifs is 10. The number of nitrogens with zero attached hydrogens (tertiary/aromatic N) is 4. The first kappa shape index (κ1) is 55.6. The fraction of sp³-hybridized carbons (Fsp3) is 0.237. The molecule has 0 saturated carbocycles. The molecule has 0 aliphatic carbocycles. The average molecular weight is 1630 g/mol. The highest BCUT2D eigenvalue weighted by Gasteiger charge is 2.47. The summed E-state index contributed by atoms with van der Waals surface area (Å²) in [5, 5.41) is -1.65. The molecule has 0 fully saturated rings. The SMILES string of the molecule is [2H]c1c([2H])c(-n2c3c([2H])c([2H])c([2H])c([2H])c3c3c([2H])c(-c4c([2H])c(C(C)(C)C)c([2H])c(C(C)(C)C)c4[2H])c([2H])c([2H])c32)c([2H])c2c1B1c3c(cc(C(C)(C)C)cc3N(c3c(-c4ccccc4)cc(C(C)(C)C)cc3-c3ccccc3)c3c([2H])c(-n4c5c([2H])c([2H])c([2H])c([2H])c5c5c([2H])c(-c6c([2H])c(C(C)(C)C)c([2H])c(C(C)(C)C)c6[2H])c([2H])c([2H])c54)c([2H])c([2H])c31)N2c1c(-c2ccccc2)cc(C(C)(C)C)cc1-c1ccccc1. The third-order valence-corrected chi connectivity index (χ3v) is 23.9. The number of para-hydroxylation sites is 2. The normalized spacial score (nSPS) is 16.3. The minimum Gasteiger partial charge on any atom is -0.310 e. The number of anilines is 6. The lowest BCUT2D eigenvalue weighted by molar-refractivity contribution is 0.568. The molecule has 17 aromatic rings. The van der Waals surface area contributed by atoms with E-state index >= 15 is 0 Å². The Morgan fingerprint density at radius 3 is 0.821 bits per heavy atom. The van der Waals surface area contributed by atoms with Crippen molar-refractivity contribution in [2.75, 3.05) is 9.80 Å². The van der Waals surface area contributed by atoms with Crippen LogP contribution in [0.15, 0.2) is 315 Å². The van der Waals surface area contributed by atoms with Crippen LogP contribution in [0.1, 0.15) is 220 Å². The summed E-state index contributed by atoms with van der Waals surface area (Å²) in [4.78, 5) is 3.77. The molecule has 0 unspecified atom stereocenters. The topological polar surface area (TPSA) is 16.3 Å². The van der Waals surface area contributed by atoms with Gasteiger partial charge in [0.1, 0.15) is 0 Å². The van der Waals surface area contributed by atoms with Crippen molar-refractivity contribution in [1.29, 1.82) is 0 Å². The Bertz CT molecular complexity index is 8030. The van der Waals surface area contributed by atoms with Crippen molar-refractivity contribution in [3.05, 3.63) is 354 Å². The molecular formula is C118H115BN4. The zero-order chi connectivity index (χ0) is 109. The first-order valence-electron chi connectivity index (χ1n) is 55.4. The minimum atomic E-state index is -1.75. The van der Waals surface area contributed by atoms with Gasteiger partial charge < -0.3 is 18.9 Å². The fourth-order valence-electron chi connectivity index (χ4n) is 17.0. The van der Waals surface area contributed by atoms with Crippen LogP contribution in [0.25, 0.3) is 122 Å². The van der Waals surface area contributed by atoms with Gasteiger partial charge in [-0.3, -0.25) is 0 Å². The zero-order valence-corrected chi connectivity index (χ0v) is 73.9. The Morgan fingerprint density at radius 1 is 0.236 bits per heavy atom. The van der Waals surface area contributed by atoms with Gasteiger partial charge in [-0.05, 0) is 235 Å². The monoisotopic (exact) mass is 1630 g/mol. The Hall–Kier alpha value is -12.4. The van der Waals surface area contributed by atoms with Gasteiger partial charge in [0.05, 0.1) is 69.1 Å². The third-order valence-electron chi connectivity index (χ3n) is 23.9. The Labute approximate surface area is 767 Å². The molecule has 610 valence electrons. The number of benzene rings is 15. The first-order chi connectivity index (χ1) is 69.4. The Balaban J connectivity index is 1.08. The lowest BCUT2D eigenvalue weighted by atomic mass is 9.33. The van der Waals surface area contributed by atoms with Crippen molar-refractivity contribution in [3.8, 4) is 78.1 Å². The van der Waals surface area contributed by atoms with Gasteiger partial charge >= 0.3 is 0 Å². The van der Waals surface area contributed by atoms with Crippen molar-refractivity contribution >= 4 is 101 Å². The van der Waals surface area contributed by atoms with E-state index in [-0.39, 0.29) is 84.6 Å². The van der Waals surface area contributed by atoms with Crippen LogP contribution < -0.4 is 26.2 Å². The standard InChI is InChI=1S/C118H115BN4/c1-112(2,3)82-58-80(59-83(64-82)113(4,5)6)78-50-56-103-97(62-78)91-46-34-36-48-101(91)120(103)89-52-54-99-105(72-89)122(110-93(74-38-26-22-27-39-74)66-86(116(13,14)15)67-94(110)75-40-28-23-29-41-75)107-70-88(118(19,20)21)71-108-109(107)119(99)100-55-53-90(73-106(100)123(108)111-95(76-42-30-24-31-43-76)68-87(117(16,17)18)69-96(111)77-44-32-25-33-45-77)121-102-49-37-35-47-92(102)98-63-79(51-57-104(98)121)81-60-84(114(7,8)9)65-85(61-81)115(10,11)12/h22-73H,1-21H3/i34D,35D,36D,37D,46D,47D,48D,49D,50D,51D,52D,53D,54D,55D,56D,57D,58D,59D,60D,61D,62D,63D,64D,65D,72D,73D. The van der Waals surface area contributed by atoms with E-state index in [2.05, 4.69) is 65.8 Å². The fourth-order valence-corrected chi connectivity index (χ4v) is 17.0. The smallest absolute Gasteiger partial charge is 0.252 e. The lowest BCUT2D eigenvalue weighted by Crippen LogP contribution is -2.61. The molecule has 2 aliphatic heterocycles. The van der Waals surface area contributed by atoms with E-state index in [1.807, 2.05) is 164 Å². The van der Waals surface area contributed by atoms with Crippen LogP contribution in [0.3, 0.4) is 0 Å². The second kappa shape index (κ2) is 29.1. The molecule has 19 rings (SSSR count). The number of rotatable bonds is 10. The summed E-state index contributed by atoms with van der Waals surface area (Å²) in [6.45, 7) is 38.4. The van der Waals surface area contributed by atoms with Crippen LogP contribution in [0.5, 0.6) is 0 Å². The molecule has 0 saturated heterocycles. The van der Waals surface area contributed by atoms with Crippen molar-refractivity contribution in [3.63, 3.8) is 0 Å². The molecule has 15 aromatic carbocycles. The molecule has 4 heterocycles. The quantitative estimate of drug-likeness (QED) is 0.127. The molecule has 0 bridgehead atoms. The van der Waals surface area contributed by atoms with E-state index in [9.17, 15) is 35.6 Å². The van der Waals surface area contributed by atoms with Crippen molar-refractivity contribution < 1.29 is 35.6 Å². The van der Waals surface area contributed by atoms with Crippen molar-refractivity contribution in [2.24, 2.45) is 0 Å². The largest absolute Gasteiger partial charge is 0.310 e. The van der Waals surface area contributed by atoms with Gasteiger partial charge in [-0.2, -0.15) is 0 Å². The van der Waals surface area contributed by atoms with Gasteiger partial charge in [-0.1, -0.05) is 363 Å². The number of hydrogen-bond donors (Lipinski definition) is 0. The van der Waals surface area contributed by atoms with Crippen LogP contribution in [-0.2, 0) is 37.9 Å². The van der Waals surface area contributed by atoms with Gasteiger partial charge in [0.15, 0.2) is 0 Å². The average Bonchev–Trinajstić information content (AvgIpc) is 1.65. The van der Waals surface area contributed by atoms with Crippen molar-refractivity contribution in [2.45, 2.75) is 183 Å². The van der Waals surface area contributed by atoms with Crippen LogP contribution >= 0.6 is 0 Å². The second-order valence-electron chi connectivity index (χ2n) is 40.1. The molecule has 0 amide bonds. The molecule has 2 aromatic heterocycles. The lowest BCUT2D eigenvalue weighted by Gasteiger charge is -2.47. The summed E-state index contributed by atoms with van der Waals surface area (Å²) in [5.41, 5.74) is -2.49. The molecular weight excluding hydrogens is 1480 g/mol. The molecule has 0 spiro atoms. The Kier molecular flexibility index (Phi) is 13.2. The summed E-state index contributed by atoms with van der Waals surface area (Å²) in [6.07, 6.45) is 0. The van der Waals surface area contributed by atoms with Gasteiger partial charge in [0.25, 0.3) is 6.71 Å². The van der Waals surface area contributed by atoms with Crippen LogP contribution in [-0.4, -0.2) is 15.8 Å². The molecule has 0 radical (unpaired) electrons. The van der Waals surface area contributed by atoms with Crippen LogP contribution in [0.4, 0.5) is 34.1 Å². The molecule has 0 atom stereocenters. The van der Waals surface area contributed by atoms with Crippen LogP contribution in [0, 0.1) is 0 Å². The van der Waals surface area contributed by atoms with E-state index in [4.69, 9.17) is 0 Å². The maximum absolute atomic E-state index is 12.2. The highest BCUT2D eigenvalue weighted by molar-refractivity contribution is 7.00. The summed E-state index contributed by atoms with van der Waals surface area (Å²) < 4.78 is 277. The number of aromatic nitrogens is 2. The van der Waals surface area contributed by atoms with Gasteiger partial charge in [0, 0.05) is 77.9 Å². The van der Waals surface area contributed by atoms with Gasteiger partial charge in [0.2, 0.25) is 0 Å². The Morgan fingerprint density at radius 2 is 0.520 bits per heavy atom. The molecule has 0 N–H and O–H groups in total. The predicted molar refractivity (Wildman–Crippen MR) is 533 cm³/mol. The van der Waals surface area contributed by atoms with E-state index in [1.54, 1.807) is 83.1 Å². The van der Waals surface area contributed by atoms with E-state index in [1.165, 1.54) is 0 Å². The maximum atomic E-state index is 12.2. The van der Waals surface area contributed by atoms with Gasteiger partial charge in [-0.25, -0.2) is 0 Å². The molecule has 5 heteroatoms.